The Morgan fingerprint density at radius 2 is 0.685 bits per heavy atom. The molecule has 0 bridgehead atoms. The number of anilines is 7. The fraction of sp³-hybridized carbons (Fsp3) is 0.348. The van der Waals surface area contributed by atoms with Gasteiger partial charge in [-0.25, -0.2) is 39.1 Å². The van der Waals surface area contributed by atoms with Gasteiger partial charge in [0.25, 0.3) is 0 Å². The Morgan fingerprint density at radius 1 is 0.397 bits per heavy atom. The molecule has 3 saturated carbocycles. The summed E-state index contributed by atoms with van der Waals surface area (Å²) >= 11 is 13.6. The third-order valence-corrected chi connectivity index (χ3v) is 27.0. The monoisotopic (exact) mass is 2120 g/mol. The first-order chi connectivity index (χ1) is 68.5. The molecule has 0 unspecified atom stereocenters. The number of esters is 3. The molecule has 0 saturated heterocycles. The zero-order chi connectivity index (χ0) is 104. The van der Waals surface area contributed by atoms with Crippen molar-refractivity contribution in [3.63, 3.8) is 0 Å². The van der Waals surface area contributed by atoms with Gasteiger partial charge in [-0.1, -0.05) is 108 Å². The van der Waals surface area contributed by atoms with E-state index in [0.717, 1.165) is 107 Å². The molecule has 8 aromatic heterocycles. The number of carboxylic acid groups (broad SMARTS) is 1. The Balaban J connectivity index is 0.000000225. The maximum atomic E-state index is 14.1. The molecule has 15 rings (SSSR count). The van der Waals surface area contributed by atoms with Crippen LogP contribution in [-0.2, 0) is 28.6 Å². The van der Waals surface area contributed by atoms with Gasteiger partial charge in [-0.05, 0) is 335 Å². The van der Waals surface area contributed by atoms with Crippen LogP contribution in [0.15, 0.2) is 223 Å². The largest absolute Gasteiger partial charge is 1.00 e. The molecule has 5 N–H and O–H groups in total. The number of nitrogens with zero attached hydrogens (tertiary/aromatic N) is 6. The number of nitrogen functional groups attached to an aromatic ring is 1. The molecular weight excluding hydrogens is 2000 g/mol. The molecule has 24 nitrogen and oxygen atoms in total. The fourth-order valence-corrected chi connectivity index (χ4v) is 18.4. The van der Waals surface area contributed by atoms with E-state index in [0.29, 0.717) is 111 Å². The summed E-state index contributed by atoms with van der Waals surface area (Å²) < 4.78 is 38.5. The first-order valence-corrected chi connectivity index (χ1v) is 51.9. The number of aromatic carboxylic acids is 1. The van der Waals surface area contributed by atoms with Crippen LogP contribution in [0.25, 0.3) is 0 Å². The van der Waals surface area contributed by atoms with E-state index in [4.69, 9.17) is 45.8 Å². The summed E-state index contributed by atoms with van der Waals surface area (Å²) in [5.74, 6) is 29.2. The maximum Gasteiger partial charge on any atom is 1.00 e. The molecule has 760 valence electrons. The van der Waals surface area contributed by atoms with Crippen LogP contribution < -0.4 is 58.7 Å². The molecule has 2 amide bonds. The van der Waals surface area contributed by atoms with Crippen molar-refractivity contribution in [3.8, 4) is 93.9 Å². The number of amides is 2. The number of hydrogen-bond donors (Lipinski definition) is 3. The van der Waals surface area contributed by atoms with E-state index >= 15 is 0 Å². The molecule has 8 heterocycles. The SMILES string of the molecule is Brc1ccc(Oc2ccccn2)cc1.CC1CCC(C(=O)Cl)CC1.CC1CCC(C(=O)N(c2ccc(Oc3ccccn3)cc2)c2cc(C#CC(C)(C)C)sc2C(=O)O)CC1.COC(=O)c1sc(C#CC(C)(C)C)cc1N.COC(=O)c1sc(C#CC(C)(C)C)cc1N(C(=O)C1CCC(C)CC1)c1ccc(Oc2ccccn2)cc1.COC(=O)c1sc(C#CC(C)(C)C)cc1Nc1ccc(Oc2ccccn2)cc1.[Li+].[OH-]. The second-order valence-electron chi connectivity index (χ2n) is 38.9. The first-order valence-electron chi connectivity index (χ1n) is 47.4. The van der Waals surface area contributed by atoms with Gasteiger partial charge in [-0.15, -0.1) is 45.3 Å². The Bertz CT molecular complexity index is 6550. The molecule has 12 aromatic rings. The van der Waals surface area contributed by atoms with Crippen LogP contribution in [0.2, 0.25) is 0 Å². The van der Waals surface area contributed by atoms with Crippen LogP contribution in [0.1, 0.15) is 239 Å². The van der Waals surface area contributed by atoms with Gasteiger partial charge in [0.1, 0.15) is 42.5 Å². The minimum absolute atomic E-state index is 0. The van der Waals surface area contributed by atoms with Crippen molar-refractivity contribution in [2.24, 2.45) is 57.2 Å². The van der Waals surface area contributed by atoms with Gasteiger partial charge in [0, 0.05) is 110 Å². The van der Waals surface area contributed by atoms with E-state index < -0.39 is 23.9 Å². The molecule has 0 radical (unpaired) electrons. The molecule has 4 aromatic carbocycles. The maximum absolute atomic E-state index is 14.1. The Morgan fingerprint density at radius 3 is 1.01 bits per heavy atom. The number of carbonyl (C=O) groups is 7. The molecule has 3 fully saturated rings. The van der Waals surface area contributed by atoms with Crippen LogP contribution in [-0.4, -0.2) is 92.8 Å². The van der Waals surface area contributed by atoms with Crippen LogP contribution in [0, 0.1) is 105 Å². The van der Waals surface area contributed by atoms with Crippen molar-refractivity contribution in [1.29, 1.82) is 0 Å². The van der Waals surface area contributed by atoms with Crippen LogP contribution >= 0.6 is 72.9 Å². The number of nitrogens with one attached hydrogen (secondary N) is 1. The summed E-state index contributed by atoms with van der Waals surface area (Å²) in [5.41, 5.74) is 9.10. The molecule has 0 atom stereocenters. The summed E-state index contributed by atoms with van der Waals surface area (Å²) in [6.45, 7) is 31.0. The minimum Gasteiger partial charge on any atom is -0.870 e. The van der Waals surface area contributed by atoms with Crippen molar-refractivity contribution in [2.45, 2.75) is 181 Å². The number of carboxylic acids is 1. The predicted octanol–water partition coefficient (Wildman–Crippen LogP) is 26.6. The van der Waals surface area contributed by atoms with E-state index in [1.807, 2.05) is 210 Å². The zero-order valence-corrected chi connectivity index (χ0v) is 91.6. The van der Waals surface area contributed by atoms with Gasteiger partial charge in [-0.3, -0.25) is 24.2 Å². The third kappa shape index (κ3) is 38.8. The molecule has 0 spiro atoms. The fourth-order valence-electron chi connectivity index (χ4n) is 14.5. The second-order valence-corrected chi connectivity index (χ2v) is 44.4. The number of methoxy groups -OCH3 is 3. The number of benzene rings is 4. The van der Waals surface area contributed by atoms with Gasteiger partial charge in [0.05, 0.1) is 63.6 Å². The average molecular weight is 2130 g/mol. The van der Waals surface area contributed by atoms with Gasteiger partial charge in [0.2, 0.25) is 40.6 Å². The topological polar surface area (TPSA) is 330 Å². The van der Waals surface area contributed by atoms with E-state index in [2.05, 4.69) is 114 Å². The van der Waals surface area contributed by atoms with Crippen molar-refractivity contribution < 1.29 is 96.2 Å². The normalized spacial score (nSPS) is 15.4. The molecule has 3 aliphatic carbocycles. The quantitative estimate of drug-likeness (QED) is 0.0198. The number of halogens is 2. The van der Waals surface area contributed by atoms with Gasteiger partial charge in [0.15, 0.2) is 0 Å². The van der Waals surface area contributed by atoms with Crippen molar-refractivity contribution in [1.82, 2.24) is 19.9 Å². The Labute approximate surface area is 899 Å². The summed E-state index contributed by atoms with van der Waals surface area (Å²) in [6.07, 6.45) is 18.3. The number of thiophene rings is 4. The number of rotatable bonds is 21. The molecule has 0 aliphatic heterocycles. The first kappa shape index (κ1) is 118. The van der Waals surface area contributed by atoms with E-state index in [9.17, 15) is 38.7 Å². The van der Waals surface area contributed by atoms with Crippen molar-refractivity contribution in [3.05, 3.63) is 262 Å². The van der Waals surface area contributed by atoms with Gasteiger partial charge >= 0.3 is 42.7 Å². The number of carbonyl (C=O) groups excluding carboxylic acids is 6. The van der Waals surface area contributed by atoms with Gasteiger partial charge in [-0.2, -0.15) is 0 Å². The average Bonchev–Trinajstić information content (AvgIpc) is 1.67. The Hall–Kier alpha value is -12.9. The summed E-state index contributed by atoms with van der Waals surface area (Å²) in [6, 6.07) is 58.5. The van der Waals surface area contributed by atoms with E-state index in [-0.39, 0.29) is 85.7 Å². The number of pyridine rings is 4. The predicted molar refractivity (Wildman–Crippen MR) is 582 cm³/mol. The van der Waals surface area contributed by atoms with Crippen LogP contribution in [0.5, 0.6) is 46.5 Å². The second kappa shape index (κ2) is 56.7. The third-order valence-electron chi connectivity index (χ3n) is 22.0. The van der Waals surface area contributed by atoms with Gasteiger partial charge < -0.3 is 54.8 Å². The Kier molecular flexibility index (Phi) is 46.0. The summed E-state index contributed by atoms with van der Waals surface area (Å²) in [5, 5.41) is 13.2. The number of nitrogens with two attached hydrogens (primary N) is 1. The molecule has 146 heavy (non-hydrogen) atoms. The van der Waals surface area contributed by atoms with Crippen LogP contribution in [0.4, 0.5) is 39.8 Å². The number of ether oxygens (including phenoxy) is 7. The van der Waals surface area contributed by atoms with Crippen LogP contribution in [0.3, 0.4) is 0 Å². The van der Waals surface area contributed by atoms with Crippen molar-refractivity contribution in [2.75, 3.05) is 42.2 Å². The summed E-state index contributed by atoms with van der Waals surface area (Å²) in [7, 11) is 4.06. The number of hydrogen-bond acceptors (Lipinski definition) is 25. The summed E-state index contributed by atoms with van der Waals surface area (Å²) in [4.78, 5) is 111. The molecular formula is C115H125BrClLiN8O16S4. The molecule has 31 heteroatoms. The minimum atomic E-state index is -1.08. The molecule has 3 aliphatic rings. The number of aromatic nitrogens is 4. The smallest absolute Gasteiger partial charge is 0.870 e. The van der Waals surface area contributed by atoms with E-state index in [1.54, 1.807) is 101 Å². The van der Waals surface area contributed by atoms with Crippen molar-refractivity contribution >= 4 is 154 Å². The van der Waals surface area contributed by atoms with E-state index in [1.165, 1.54) is 68.2 Å². The standard InChI is InChI=1S/C31H34N2O4S.C30H32N2O4S.C23H22N2O3S.C12H15NO2S.C11H8BrNO.C8H13ClO.Li.H2O/c1-21-9-11-22(12-10-21)29(34)33(23-13-15-24(16-14-23)37-27-8-6-7-19-32-27)26-20-25(17-18-31(2,3)4)38-28(26)30(35)36-5;1-20-8-10-21(11-9-20)28(33)32(22-12-14-23(15-13-22)36-26-7-5-6-18-31-26)25-19-24(16-17-30(2,3)4)37-27(25)29(34)35;1-23(2,3)13-12-18-15-19(21(29-18)22(26)27-4)25-16-8-10-17(11-9-16)28-20-7-5-6-14-24-20;1-12(2,3)6-5-8-7-9(13)10(16-8)11(14)15-4;12-9-4-6-10(7-5-9)14-11-3-1-2-8-13-11;1-6-2-4-7(5-3-6)8(9)10;;/h6-8,13-16,19-22H,9-12H2,1-5H3;5-7,12-15,18-21H,8-11H2,1-4H3,(H,34,35);5-11,14-15,25H,1-4H3;7H,13H2,1-4H3;1-8H;6-7H,2-5H2,1H3;;1H2/q;;;;;;+1;/p-1. The zero-order valence-electron chi connectivity index (χ0n) is 86.0.